The second kappa shape index (κ2) is 6.52. The van der Waals surface area contributed by atoms with Crippen LogP contribution in [0.2, 0.25) is 0 Å². The highest BCUT2D eigenvalue weighted by molar-refractivity contribution is 5.97. The van der Waals surface area contributed by atoms with E-state index >= 15 is 0 Å². The summed E-state index contributed by atoms with van der Waals surface area (Å²) < 4.78 is 10.4. The lowest BCUT2D eigenvalue weighted by atomic mass is 10.1. The number of nitrogens with one attached hydrogen (secondary N) is 1. The quantitative estimate of drug-likeness (QED) is 0.883. The van der Waals surface area contributed by atoms with Gasteiger partial charge in [-0.15, -0.1) is 0 Å². The Morgan fingerprint density at radius 3 is 2.26 bits per heavy atom. The summed E-state index contributed by atoms with van der Waals surface area (Å²) in [6, 6.07) is 13.2. The van der Waals surface area contributed by atoms with Gasteiger partial charge in [0.05, 0.1) is 14.2 Å². The number of nitrogens with zero attached hydrogens (tertiary/aromatic N) is 1. The first kappa shape index (κ1) is 15.1. The lowest BCUT2D eigenvalue weighted by Crippen LogP contribution is -2.20. The van der Waals surface area contributed by atoms with Crippen LogP contribution in [-0.4, -0.2) is 25.8 Å². The van der Waals surface area contributed by atoms with Gasteiger partial charge in [0, 0.05) is 24.1 Å². The summed E-state index contributed by atoms with van der Waals surface area (Å²) in [5.41, 5.74) is 6.59. The van der Waals surface area contributed by atoms with Crippen LogP contribution in [0.3, 0.4) is 0 Å². The summed E-state index contributed by atoms with van der Waals surface area (Å²) >= 11 is 0. The molecule has 5 heteroatoms. The Bertz CT molecular complexity index is 742. The largest absolute Gasteiger partial charge is 0.493 e. The summed E-state index contributed by atoms with van der Waals surface area (Å²) in [6.07, 6.45) is 1.56. The molecule has 2 aromatic carbocycles. The third-order valence-electron chi connectivity index (χ3n) is 3.87. The molecule has 0 aromatic heterocycles. The third kappa shape index (κ3) is 3.18. The summed E-state index contributed by atoms with van der Waals surface area (Å²) in [5, 5.41) is 4.26. The van der Waals surface area contributed by atoms with Crippen LogP contribution in [0.15, 0.2) is 47.6 Å². The molecule has 118 valence electrons. The van der Waals surface area contributed by atoms with Crippen molar-refractivity contribution in [1.82, 2.24) is 5.43 Å². The molecule has 5 nitrogen and oxygen atoms in total. The van der Waals surface area contributed by atoms with Gasteiger partial charge in [0.15, 0.2) is 11.5 Å². The van der Waals surface area contributed by atoms with Gasteiger partial charge in [-0.1, -0.05) is 24.3 Å². The number of fused-ring (bicyclic) bond motifs is 1. The molecule has 0 heterocycles. The van der Waals surface area contributed by atoms with Crippen molar-refractivity contribution in [2.24, 2.45) is 5.10 Å². The summed E-state index contributed by atoms with van der Waals surface area (Å²) in [6.45, 7) is 0. The fourth-order valence-corrected chi connectivity index (χ4v) is 2.66. The van der Waals surface area contributed by atoms with E-state index in [9.17, 15) is 4.79 Å². The molecule has 1 N–H and O–H groups in total. The molecule has 1 amide bonds. The number of amides is 1. The second-order valence-corrected chi connectivity index (χ2v) is 5.31. The molecule has 0 unspecified atom stereocenters. The van der Waals surface area contributed by atoms with Gasteiger partial charge in [0.1, 0.15) is 0 Å². The maximum absolute atomic E-state index is 12.2. The Hall–Kier alpha value is -2.82. The normalized spacial score (nSPS) is 12.5. The minimum atomic E-state index is -0.269. The zero-order chi connectivity index (χ0) is 16.2. The summed E-state index contributed by atoms with van der Waals surface area (Å²) in [4.78, 5) is 12.2. The van der Waals surface area contributed by atoms with Crippen molar-refractivity contribution in [3.8, 4) is 11.5 Å². The minimum Gasteiger partial charge on any atom is -0.493 e. The highest BCUT2D eigenvalue weighted by Gasteiger charge is 2.16. The van der Waals surface area contributed by atoms with E-state index in [0.717, 1.165) is 18.6 Å². The Morgan fingerprint density at radius 1 is 1.00 bits per heavy atom. The zero-order valence-electron chi connectivity index (χ0n) is 13.1. The number of rotatable bonds is 4. The standard InChI is InChI=1S/C18H18N2O3/c1-22-16-8-7-14(11-17(16)23-2)18(21)20-19-15-9-12-5-3-4-6-13(12)10-15/h3-8,11H,9-10H2,1-2H3,(H,20,21). The minimum absolute atomic E-state index is 0.269. The van der Waals surface area contributed by atoms with E-state index in [2.05, 4.69) is 22.7 Å². The second-order valence-electron chi connectivity index (χ2n) is 5.31. The lowest BCUT2D eigenvalue weighted by Gasteiger charge is -2.08. The van der Waals surface area contributed by atoms with Gasteiger partial charge < -0.3 is 9.47 Å². The zero-order valence-corrected chi connectivity index (χ0v) is 13.1. The molecule has 1 aliphatic carbocycles. The first-order chi connectivity index (χ1) is 11.2. The summed E-state index contributed by atoms with van der Waals surface area (Å²) in [7, 11) is 3.09. The van der Waals surface area contributed by atoms with Crippen molar-refractivity contribution >= 4 is 11.6 Å². The average Bonchev–Trinajstić information content (AvgIpc) is 3.01. The molecule has 0 saturated carbocycles. The monoisotopic (exact) mass is 310 g/mol. The van der Waals surface area contributed by atoms with Crippen LogP contribution in [0.4, 0.5) is 0 Å². The SMILES string of the molecule is COc1ccc(C(=O)NN=C2Cc3ccccc3C2)cc1OC. The predicted octanol–water partition coefficient (Wildman–Crippen LogP) is 2.59. The number of carbonyl (C=O) groups excluding carboxylic acids is 1. The van der Waals surface area contributed by atoms with Crippen molar-refractivity contribution < 1.29 is 14.3 Å². The highest BCUT2D eigenvalue weighted by Crippen LogP contribution is 2.27. The van der Waals surface area contributed by atoms with Crippen LogP contribution in [0.25, 0.3) is 0 Å². The third-order valence-corrected chi connectivity index (χ3v) is 3.87. The van der Waals surface area contributed by atoms with Crippen LogP contribution in [0, 0.1) is 0 Å². The van der Waals surface area contributed by atoms with Gasteiger partial charge in [0.25, 0.3) is 5.91 Å². The molecule has 2 aromatic rings. The maximum atomic E-state index is 12.2. The molecule has 0 atom stereocenters. The lowest BCUT2D eigenvalue weighted by molar-refractivity contribution is 0.0954. The number of hydrogen-bond donors (Lipinski definition) is 1. The summed E-state index contributed by atoms with van der Waals surface area (Å²) in [5.74, 6) is 0.831. The molecule has 1 aliphatic rings. The maximum Gasteiger partial charge on any atom is 0.271 e. The van der Waals surface area contributed by atoms with Crippen LogP contribution >= 0.6 is 0 Å². The molecule has 0 fully saturated rings. The smallest absolute Gasteiger partial charge is 0.271 e. The van der Waals surface area contributed by atoms with Crippen molar-refractivity contribution in [3.05, 3.63) is 59.2 Å². The number of carbonyl (C=O) groups is 1. The van der Waals surface area contributed by atoms with E-state index in [0.29, 0.717) is 17.1 Å². The first-order valence-corrected chi connectivity index (χ1v) is 7.36. The number of hydrogen-bond acceptors (Lipinski definition) is 4. The van der Waals surface area contributed by atoms with E-state index in [1.54, 1.807) is 25.3 Å². The van der Waals surface area contributed by atoms with Crippen molar-refractivity contribution in [3.63, 3.8) is 0 Å². The van der Waals surface area contributed by atoms with Gasteiger partial charge in [-0.3, -0.25) is 4.79 Å². The van der Waals surface area contributed by atoms with Crippen LogP contribution in [-0.2, 0) is 12.8 Å². The Kier molecular flexibility index (Phi) is 4.28. The molecule has 0 radical (unpaired) electrons. The molecule has 0 saturated heterocycles. The fraction of sp³-hybridized carbons (Fsp3) is 0.222. The molecule has 0 bridgehead atoms. The van der Waals surface area contributed by atoms with Gasteiger partial charge in [0.2, 0.25) is 0 Å². The molecular weight excluding hydrogens is 292 g/mol. The Morgan fingerprint density at radius 2 is 1.65 bits per heavy atom. The van der Waals surface area contributed by atoms with Gasteiger partial charge in [-0.25, -0.2) is 5.43 Å². The van der Waals surface area contributed by atoms with Crippen LogP contribution in [0.5, 0.6) is 11.5 Å². The number of benzene rings is 2. The van der Waals surface area contributed by atoms with E-state index in [-0.39, 0.29) is 5.91 Å². The molecule has 3 rings (SSSR count). The van der Waals surface area contributed by atoms with Gasteiger partial charge in [-0.05, 0) is 29.3 Å². The van der Waals surface area contributed by atoms with Crippen LogP contribution in [0.1, 0.15) is 21.5 Å². The number of ether oxygens (including phenoxy) is 2. The van der Waals surface area contributed by atoms with E-state index in [1.165, 1.54) is 18.2 Å². The average molecular weight is 310 g/mol. The Labute approximate surface area is 134 Å². The molecule has 0 spiro atoms. The van der Waals surface area contributed by atoms with E-state index < -0.39 is 0 Å². The predicted molar refractivity (Wildman–Crippen MR) is 88.3 cm³/mol. The van der Waals surface area contributed by atoms with Gasteiger partial charge in [-0.2, -0.15) is 5.10 Å². The number of hydrazone groups is 1. The van der Waals surface area contributed by atoms with E-state index in [4.69, 9.17) is 9.47 Å². The fourth-order valence-electron chi connectivity index (χ4n) is 2.66. The van der Waals surface area contributed by atoms with Crippen LogP contribution < -0.4 is 14.9 Å². The molecule has 23 heavy (non-hydrogen) atoms. The molecular formula is C18H18N2O3. The first-order valence-electron chi connectivity index (χ1n) is 7.36. The van der Waals surface area contributed by atoms with Crippen molar-refractivity contribution in [2.45, 2.75) is 12.8 Å². The topological polar surface area (TPSA) is 59.9 Å². The highest BCUT2D eigenvalue weighted by atomic mass is 16.5. The van der Waals surface area contributed by atoms with Gasteiger partial charge >= 0.3 is 0 Å². The molecule has 0 aliphatic heterocycles. The van der Waals surface area contributed by atoms with Crippen molar-refractivity contribution in [2.75, 3.05) is 14.2 Å². The van der Waals surface area contributed by atoms with E-state index in [1.807, 2.05) is 12.1 Å². The Balaban J connectivity index is 1.70. The number of methoxy groups -OCH3 is 2. The van der Waals surface area contributed by atoms with Crippen molar-refractivity contribution in [1.29, 1.82) is 0 Å².